The Hall–Kier alpha value is -3.43. The first kappa shape index (κ1) is 29.6. The zero-order valence-corrected chi connectivity index (χ0v) is 25.5. The lowest BCUT2D eigenvalue weighted by Crippen LogP contribution is -2.62. The number of benzene rings is 1. The van der Waals surface area contributed by atoms with Crippen molar-refractivity contribution in [1.82, 2.24) is 29.7 Å². The fourth-order valence-corrected chi connectivity index (χ4v) is 6.81. The predicted molar refractivity (Wildman–Crippen MR) is 162 cm³/mol. The topological polar surface area (TPSA) is 102 Å². The molecule has 43 heavy (non-hydrogen) atoms. The number of fused-ring (bicyclic) bond motifs is 3. The quantitative estimate of drug-likeness (QED) is 0.450. The van der Waals surface area contributed by atoms with Gasteiger partial charge in [0.15, 0.2) is 11.5 Å². The third kappa shape index (κ3) is 6.02. The van der Waals surface area contributed by atoms with Gasteiger partial charge in [-0.1, -0.05) is 26.0 Å². The molecule has 10 nitrogen and oxygen atoms in total. The van der Waals surface area contributed by atoms with Gasteiger partial charge in [-0.05, 0) is 37.6 Å². The van der Waals surface area contributed by atoms with Crippen LogP contribution in [0.1, 0.15) is 50.3 Å². The van der Waals surface area contributed by atoms with Crippen molar-refractivity contribution in [3.8, 4) is 6.07 Å². The first-order valence-corrected chi connectivity index (χ1v) is 15.3. The molecule has 11 heteroatoms. The highest BCUT2D eigenvalue weighted by atomic mass is 19.1. The van der Waals surface area contributed by atoms with E-state index in [1.165, 1.54) is 12.1 Å². The van der Waals surface area contributed by atoms with E-state index in [1.54, 1.807) is 12.1 Å². The van der Waals surface area contributed by atoms with Crippen molar-refractivity contribution in [1.29, 1.82) is 5.26 Å². The molecule has 5 heterocycles. The van der Waals surface area contributed by atoms with E-state index in [0.717, 1.165) is 61.9 Å². The molecule has 0 bridgehead atoms. The second-order valence-electron chi connectivity index (χ2n) is 13.0. The Morgan fingerprint density at radius 3 is 2.77 bits per heavy atom. The second kappa shape index (κ2) is 11.9. The monoisotopic (exact) mass is 588 g/mol. The maximum Gasteiger partial charge on any atom is 0.241 e. The Labute approximate surface area is 252 Å². The highest BCUT2D eigenvalue weighted by Crippen LogP contribution is 2.42. The van der Waals surface area contributed by atoms with Crippen molar-refractivity contribution in [2.45, 2.75) is 64.1 Å². The summed E-state index contributed by atoms with van der Waals surface area (Å²) in [5.41, 5.74) is 3.85. The standard InChI is InChI=1S/C32H41FN8O2/c1-21-16-39(26(15-35-21)17-38-11-12-43-19-22(38)2)18-29(42)40-20-32(3,4)30-27(40)14-24(13-23-5-7-25(33)8-6-23)31-36-28(9-10-34)37-41(30)31/h5-8,14,21-22,26,35H,9,11-13,15-20H2,1-4H3/t21-,22-,26-/m1/s1. The molecule has 1 N–H and O–H groups in total. The molecule has 1 aromatic carbocycles. The number of nitrogens with one attached hydrogen (secondary N) is 1. The van der Waals surface area contributed by atoms with Crippen LogP contribution in [0.15, 0.2) is 30.3 Å². The maximum absolute atomic E-state index is 14.2. The number of carbonyl (C=O) groups excluding carboxylic acids is 1. The Balaban J connectivity index is 1.32. The summed E-state index contributed by atoms with van der Waals surface area (Å²) in [5.74, 6) is 0.223. The van der Waals surface area contributed by atoms with Crippen molar-refractivity contribution in [3.05, 3.63) is 58.8 Å². The summed E-state index contributed by atoms with van der Waals surface area (Å²) in [6.45, 7) is 14.4. The first-order valence-electron chi connectivity index (χ1n) is 15.3. The van der Waals surface area contributed by atoms with E-state index in [9.17, 15) is 14.4 Å². The summed E-state index contributed by atoms with van der Waals surface area (Å²) in [6.07, 6.45) is 0.596. The summed E-state index contributed by atoms with van der Waals surface area (Å²) >= 11 is 0. The van der Waals surface area contributed by atoms with Gasteiger partial charge in [0, 0.05) is 68.2 Å². The van der Waals surface area contributed by atoms with Crippen molar-refractivity contribution >= 4 is 17.2 Å². The zero-order chi connectivity index (χ0) is 30.3. The molecule has 0 unspecified atom stereocenters. The van der Waals surface area contributed by atoms with Gasteiger partial charge in [-0.15, -0.1) is 5.10 Å². The number of pyridine rings is 1. The smallest absolute Gasteiger partial charge is 0.241 e. The molecule has 3 aromatic rings. The van der Waals surface area contributed by atoms with Crippen LogP contribution in [-0.2, 0) is 27.8 Å². The number of nitriles is 1. The van der Waals surface area contributed by atoms with Gasteiger partial charge in [0.1, 0.15) is 5.82 Å². The van der Waals surface area contributed by atoms with Gasteiger partial charge in [-0.3, -0.25) is 14.6 Å². The molecule has 2 aromatic heterocycles. The van der Waals surface area contributed by atoms with Crippen molar-refractivity contribution in [2.75, 3.05) is 57.4 Å². The SMILES string of the molecule is C[C@@H]1CN(CC(=O)N2CC(C)(C)c3c2cc(Cc2ccc(F)cc2)c2nc(CC#N)nn32)[C@@H](CN2CCOC[C@H]2C)CN1. The maximum atomic E-state index is 14.2. The highest BCUT2D eigenvalue weighted by molar-refractivity contribution is 5.97. The molecule has 1 amide bonds. The molecule has 3 aliphatic rings. The number of anilines is 1. The van der Waals surface area contributed by atoms with Gasteiger partial charge in [0.2, 0.25) is 5.91 Å². The Bertz CT molecular complexity index is 1530. The molecule has 2 fully saturated rings. The number of hydrogen-bond acceptors (Lipinski definition) is 8. The minimum Gasteiger partial charge on any atom is -0.379 e. The van der Waals surface area contributed by atoms with Crippen LogP contribution in [0.5, 0.6) is 0 Å². The molecule has 2 saturated heterocycles. The second-order valence-corrected chi connectivity index (χ2v) is 13.0. The number of nitrogens with zero attached hydrogens (tertiary/aromatic N) is 7. The molecule has 6 rings (SSSR count). The lowest BCUT2D eigenvalue weighted by molar-refractivity contribution is -0.121. The number of amides is 1. The lowest BCUT2D eigenvalue weighted by atomic mass is 9.90. The summed E-state index contributed by atoms with van der Waals surface area (Å²) in [4.78, 5) is 25.7. The average molecular weight is 589 g/mol. The molecular formula is C32H41FN8O2. The van der Waals surface area contributed by atoms with Crippen LogP contribution in [-0.4, -0.2) is 101 Å². The van der Waals surface area contributed by atoms with Gasteiger partial charge >= 0.3 is 0 Å². The average Bonchev–Trinajstić information content (AvgIpc) is 3.50. The number of ether oxygens (including phenoxy) is 1. The van der Waals surface area contributed by atoms with Crippen LogP contribution in [0.2, 0.25) is 0 Å². The fourth-order valence-electron chi connectivity index (χ4n) is 6.81. The lowest BCUT2D eigenvalue weighted by Gasteiger charge is -2.43. The van der Waals surface area contributed by atoms with Crippen LogP contribution < -0.4 is 10.2 Å². The summed E-state index contributed by atoms with van der Waals surface area (Å²) < 4.78 is 21.1. The van der Waals surface area contributed by atoms with E-state index >= 15 is 0 Å². The number of aromatic nitrogens is 3. The van der Waals surface area contributed by atoms with Gasteiger partial charge in [0.25, 0.3) is 0 Å². The first-order chi connectivity index (χ1) is 20.6. The summed E-state index contributed by atoms with van der Waals surface area (Å²) in [6, 6.07) is 11.5. The molecular weight excluding hydrogens is 547 g/mol. The minimum absolute atomic E-state index is 0.0606. The number of halogens is 1. The van der Waals surface area contributed by atoms with Crippen LogP contribution >= 0.6 is 0 Å². The van der Waals surface area contributed by atoms with E-state index in [-0.39, 0.29) is 29.6 Å². The van der Waals surface area contributed by atoms with E-state index in [0.29, 0.717) is 43.1 Å². The normalized spacial score (nSPS) is 24.3. The van der Waals surface area contributed by atoms with Crippen LogP contribution in [0.3, 0.4) is 0 Å². The van der Waals surface area contributed by atoms with Gasteiger partial charge in [-0.2, -0.15) is 5.26 Å². The Morgan fingerprint density at radius 2 is 2.02 bits per heavy atom. The van der Waals surface area contributed by atoms with Gasteiger partial charge in [0.05, 0.1) is 43.6 Å². The van der Waals surface area contributed by atoms with Crippen molar-refractivity contribution < 1.29 is 13.9 Å². The number of carbonyl (C=O) groups is 1. The summed E-state index contributed by atoms with van der Waals surface area (Å²) in [7, 11) is 0. The molecule has 0 spiro atoms. The van der Waals surface area contributed by atoms with Crippen LogP contribution in [0.25, 0.3) is 5.65 Å². The van der Waals surface area contributed by atoms with Gasteiger partial charge < -0.3 is 15.0 Å². The fraction of sp³-hybridized carbons (Fsp3) is 0.562. The molecule has 0 aliphatic carbocycles. The van der Waals surface area contributed by atoms with E-state index < -0.39 is 0 Å². The molecule has 3 aliphatic heterocycles. The number of morpholine rings is 1. The minimum atomic E-state index is -0.380. The third-order valence-corrected chi connectivity index (χ3v) is 9.05. The largest absolute Gasteiger partial charge is 0.379 e. The molecule has 228 valence electrons. The van der Waals surface area contributed by atoms with E-state index in [1.807, 2.05) is 9.42 Å². The number of piperazine rings is 1. The Kier molecular flexibility index (Phi) is 8.22. The number of hydrogen-bond donors (Lipinski definition) is 1. The number of rotatable bonds is 7. The zero-order valence-electron chi connectivity index (χ0n) is 25.5. The van der Waals surface area contributed by atoms with Gasteiger partial charge in [-0.25, -0.2) is 13.9 Å². The van der Waals surface area contributed by atoms with Crippen LogP contribution in [0.4, 0.5) is 10.1 Å². The molecule has 0 radical (unpaired) electrons. The molecule has 3 atom stereocenters. The summed E-state index contributed by atoms with van der Waals surface area (Å²) in [5, 5.41) is 17.7. The van der Waals surface area contributed by atoms with E-state index in [4.69, 9.17) is 14.8 Å². The van der Waals surface area contributed by atoms with Crippen molar-refractivity contribution in [2.24, 2.45) is 0 Å². The molecule has 0 saturated carbocycles. The highest BCUT2D eigenvalue weighted by Gasteiger charge is 2.42. The predicted octanol–water partition coefficient (Wildman–Crippen LogP) is 2.53. The van der Waals surface area contributed by atoms with E-state index in [2.05, 4.69) is 54.9 Å². The van der Waals surface area contributed by atoms with Crippen molar-refractivity contribution in [3.63, 3.8) is 0 Å². The third-order valence-electron chi connectivity index (χ3n) is 9.05. The Morgan fingerprint density at radius 1 is 1.23 bits per heavy atom. The van der Waals surface area contributed by atoms with Crippen LogP contribution in [0, 0.1) is 17.1 Å².